The first-order valence-corrected chi connectivity index (χ1v) is 10.3. The van der Waals surface area contributed by atoms with E-state index in [2.05, 4.69) is 25.4 Å². The van der Waals surface area contributed by atoms with Crippen molar-refractivity contribution in [3.63, 3.8) is 0 Å². The minimum Gasteiger partial charge on any atom is -0.475 e. The van der Waals surface area contributed by atoms with E-state index < -0.39 is 29.0 Å². The molecule has 2 N–H and O–H groups in total. The lowest BCUT2D eigenvalue weighted by Gasteiger charge is -2.25. The molecule has 13 nitrogen and oxygen atoms in total. The number of nitrogens with zero attached hydrogens (tertiary/aromatic N) is 6. The van der Waals surface area contributed by atoms with Gasteiger partial charge in [0.2, 0.25) is 0 Å². The molecule has 4 aromatic heterocycles. The molecule has 0 unspecified atom stereocenters. The van der Waals surface area contributed by atoms with Crippen LogP contribution in [0.1, 0.15) is 31.3 Å². The fourth-order valence-electron chi connectivity index (χ4n) is 3.12. The largest absolute Gasteiger partial charge is 0.475 e. The van der Waals surface area contributed by atoms with Gasteiger partial charge in [0.25, 0.3) is 11.3 Å². The highest BCUT2D eigenvalue weighted by molar-refractivity contribution is 6.05. The average molecular weight is 479 g/mol. The van der Waals surface area contributed by atoms with Crippen LogP contribution in [0, 0.1) is 0 Å². The van der Waals surface area contributed by atoms with Gasteiger partial charge in [-0.3, -0.25) is 19.2 Å². The maximum absolute atomic E-state index is 13.0. The summed E-state index contributed by atoms with van der Waals surface area (Å²) in [5.41, 5.74) is -1.04. The van der Waals surface area contributed by atoms with Crippen molar-refractivity contribution in [1.29, 1.82) is 0 Å². The lowest BCUT2D eigenvalue weighted by molar-refractivity contribution is 0.0588. The zero-order valence-electron chi connectivity index (χ0n) is 19.2. The molecule has 0 saturated heterocycles. The molecule has 4 heterocycles. The number of aromatic carboxylic acids is 1. The molecule has 0 aliphatic heterocycles. The van der Waals surface area contributed by atoms with E-state index in [0.717, 1.165) is 4.90 Å². The molecule has 0 fully saturated rings. The van der Waals surface area contributed by atoms with Crippen molar-refractivity contribution in [3.8, 4) is 5.82 Å². The molecule has 0 radical (unpaired) electrons. The lowest BCUT2D eigenvalue weighted by atomic mass is 10.2. The minimum atomic E-state index is -1.40. The Morgan fingerprint density at radius 1 is 1.23 bits per heavy atom. The van der Waals surface area contributed by atoms with Gasteiger partial charge in [0.05, 0.1) is 11.9 Å². The van der Waals surface area contributed by atoms with Crippen molar-refractivity contribution >= 4 is 40.3 Å². The Balaban J connectivity index is 1.80. The van der Waals surface area contributed by atoms with Crippen molar-refractivity contribution in [2.45, 2.75) is 26.4 Å². The summed E-state index contributed by atoms with van der Waals surface area (Å²) in [5, 5.41) is 16.1. The van der Waals surface area contributed by atoms with Gasteiger partial charge in [-0.25, -0.2) is 19.6 Å². The first-order chi connectivity index (χ1) is 16.5. The Hall–Kier alpha value is -4.81. The summed E-state index contributed by atoms with van der Waals surface area (Å²) in [7, 11) is 1.44. The maximum atomic E-state index is 13.0. The number of pyridine rings is 2. The van der Waals surface area contributed by atoms with E-state index in [1.165, 1.54) is 48.5 Å². The summed E-state index contributed by atoms with van der Waals surface area (Å²) in [5.74, 6) is -1.54. The number of hydrogen-bond acceptors (Lipinski definition) is 10. The van der Waals surface area contributed by atoms with Gasteiger partial charge in [0, 0.05) is 31.7 Å². The number of carboxylic acids is 1. The summed E-state index contributed by atoms with van der Waals surface area (Å²) < 4.78 is 11.6. The third-order valence-corrected chi connectivity index (χ3v) is 4.65. The topological polar surface area (TPSA) is 166 Å². The van der Waals surface area contributed by atoms with Crippen LogP contribution in [0.5, 0.6) is 0 Å². The molecule has 0 aromatic carbocycles. The van der Waals surface area contributed by atoms with Crippen molar-refractivity contribution in [3.05, 3.63) is 59.1 Å². The number of hydrogen-bond donors (Lipinski definition) is 2. The second kappa shape index (κ2) is 8.85. The van der Waals surface area contributed by atoms with Gasteiger partial charge in [0.15, 0.2) is 11.3 Å². The van der Waals surface area contributed by atoms with Crippen LogP contribution in [0.25, 0.3) is 16.9 Å². The van der Waals surface area contributed by atoms with E-state index in [-0.39, 0.29) is 28.2 Å². The van der Waals surface area contributed by atoms with E-state index in [0.29, 0.717) is 5.82 Å². The third kappa shape index (κ3) is 4.78. The molecular formula is C22H21N7O6. The van der Waals surface area contributed by atoms with Gasteiger partial charge >= 0.3 is 12.1 Å². The molecule has 13 heteroatoms. The first-order valence-electron chi connectivity index (χ1n) is 10.3. The highest BCUT2D eigenvalue weighted by atomic mass is 16.6. The number of anilines is 3. The molecule has 0 saturated carbocycles. The first kappa shape index (κ1) is 23.4. The predicted molar refractivity (Wildman–Crippen MR) is 124 cm³/mol. The van der Waals surface area contributed by atoms with Crippen LogP contribution in [-0.2, 0) is 4.74 Å². The molecular weight excluding hydrogens is 458 g/mol. The van der Waals surface area contributed by atoms with Crippen LogP contribution in [0.3, 0.4) is 0 Å². The lowest BCUT2D eigenvalue weighted by Crippen LogP contribution is -2.34. The van der Waals surface area contributed by atoms with Gasteiger partial charge in [0.1, 0.15) is 22.6 Å². The van der Waals surface area contributed by atoms with Gasteiger partial charge in [-0.15, -0.1) is 0 Å². The quantitative estimate of drug-likeness (QED) is 0.432. The van der Waals surface area contributed by atoms with Crippen molar-refractivity contribution in [2.75, 3.05) is 17.3 Å². The standard InChI is InChI=1S/C22H21N7O6/c1-22(2,3)34-21(33)28(4)13-10-14(26-17-16(13)27-35-18(17)20(31)32)25-12-6-5-9-29(19(12)30)15-11-23-7-8-24-15/h5-11H,1-4H3,(H,25,26)(H,31,32). The molecule has 0 atom stereocenters. The molecule has 0 bridgehead atoms. The molecule has 4 rings (SSSR count). The van der Waals surface area contributed by atoms with E-state index >= 15 is 0 Å². The van der Waals surface area contributed by atoms with Crippen LogP contribution >= 0.6 is 0 Å². The monoisotopic (exact) mass is 479 g/mol. The van der Waals surface area contributed by atoms with E-state index in [1.807, 2.05) is 0 Å². The number of aromatic nitrogens is 5. The zero-order valence-corrected chi connectivity index (χ0v) is 19.2. The fourth-order valence-corrected chi connectivity index (χ4v) is 3.12. The Bertz CT molecular complexity index is 1470. The second-order valence-corrected chi connectivity index (χ2v) is 8.37. The van der Waals surface area contributed by atoms with Gasteiger partial charge < -0.3 is 19.7 Å². The number of ether oxygens (including phenoxy) is 1. The fraction of sp³-hybridized carbons (Fsp3) is 0.227. The van der Waals surface area contributed by atoms with Crippen LogP contribution in [0.15, 0.2) is 52.3 Å². The number of rotatable bonds is 5. The molecule has 0 spiro atoms. The molecule has 180 valence electrons. The summed E-state index contributed by atoms with van der Waals surface area (Å²) in [6.45, 7) is 5.14. The van der Waals surface area contributed by atoms with E-state index in [1.54, 1.807) is 26.8 Å². The number of nitrogens with one attached hydrogen (secondary N) is 1. The molecule has 0 aliphatic carbocycles. The average Bonchev–Trinajstić information content (AvgIpc) is 3.23. The van der Waals surface area contributed by atoms with Crippen LogP contribution < -0.4 is 15.8 Å². The summed E-state index contributed by atoms with van der Waals surface area (Å²) in [6.07, 6.45) is 5.19. The molecule has 1 amide bonds. The van der Waals surface area contributed by atoms with Crippen molar-refractivity contribution in [1.82, 2.24) is 24.7 Å². The highest BCUT2D eigenvalue weighted by Crippen LogP contribution is 2.31. The number of amides is 1. The number of carbonyl (C=O) groups excluding carboxylic acids is 1. The molecule has 0 aliphatic rings. The van der Waals surface area contributed by atoms with Crippen LogP contribution in [0.4, 0.5) is 22.0 Å². The number of carbonyl (C=O) groups is 2. The van der Waals surface area contributed by atoms with Gasteiger partial charge in [-0.1, -0.05) is 5.16 Å². The van der Waals surface area contributed by atoms with Crippen LogP contribution in [0.2, 0.25) is 0 Å². The number of carboxylic acid groups (broad SMARTS) is 1. The zero-order chi connectivity index (χ0) is 25.3. The normalized spacial score (nSPS) is 11.3. The highest BCUT2D eigenvalue weighted by Gasteiger charge is 2.27. The molecule has 35 heavy (non-hydrogen) atoms. The van der Waals surface area contributed by atoms with E-state index in [4.69, 9.17) is 9.26 Å². The molecule has 4 aromatic rings. The van der Waals surface area contributed by atoms with Crippen molar-refractivity contribution in [2.24, 2.45) is 0 Å². The Morgan fingerprint density at radius 2 is 2.00 bits per heavy atom. The SMILES string of the molecule is CN(C(=O)OC(C)(C)C)c1cc(Nc2cccn(-c3cnccn3)c2=O)nc2c(C(=O)O)onc12. The minimum absolute atomic E-state index is 0.0336. The second-order valence-electron chi connectivity index (χ2n) is 8.37. The number of fused-ring (bicyclic) bond motifs is 1. The van der Waals surface area contributed by atoms with Crippen molar-refractivity contribution < 1.29 is 24.0 Å². The third-order valence-electron chi connectivity index (χ3n) is 4.65. The Kier molecular flexibility index (Phi) is 5.91. The predicted octanol–water partition coefficient (Wildman–Crippen LogP) is 2.98. The van der Waals surface area contributed by atoms with E-state index in [9.17, 15) is 19.5 Å². The Labute approximate surface area is 198 Å². The van der Waals surface area contributed by atoms with Gasteiger partial charge in [-0.05, 0) is 32.9 Å². The van der Waals surface area contributed by atoms with Gasteiger partial charge in [-0.2, -0.15) is 0 Å². The summed E-state index contributed by atoms with van der Waals surface area (Å²) in [4.78, 5) is 50.9. The Morgan fingerprint density at radius 3 is 2.66 bits per heavy atom. The summed E-state index contributed by atoms with van der Waals surface area (Å²) in [6, 6.07) is 4.57. The smallest absolute Gasteiger partial charge is 0.414 e. The van der Waals surface area contributed by atoms with Crippen LogP contribution in [-0.4, -0.2) is 54.5 Å². The maximum Gasteiger partial charge on any atom is 0.414 e. The summed E-state index contributed by atoms with van der Waals surface area (Å²) >= 11 is 0.